The van der Waals surface area contributed by atoms with Gasteiger partial charge in [-0.1, -0.05) is 26.7 Å². The van der Waals surface area contributed by atoms with Gasteiger partial charge in [-0.25, -0.2) is 0 Å². The highest BCUT2D eigenvalue weighted by atomic mass is 16.6. The van der Waals surface area contributed by atoms with E-state index in [9.17, 15) is 9.90 Å². The Bertz CT molecular complexity index is 517. The molecule has 0 aromatic carbocycles. The van der Waals surface area contributed by atoms with Gasteiger partial charge >= 0.3 is 5.97 Å². The molecule has 0 amide bonds. The third-order valence-corrected chi connectivity index (χ3v) is 8.85. The Hall–Kier alpha value is -0.570. The fourth-order valence-electron chi connectivity index (χ4n) is 7.58. The monoisotopic (exact) mass is 334 g/mol. The number of ether oxygens (including phenoxy) is 1. The van der Waals surface area contributed by atoms with E-state index in [1.807, 2.05) is 0 Å². The molecular formula is C21H34O3. The van der Waals surface area contributed by atoms with Crippen molar-refractivity contribution in [1.82, 2.24) is 0 Å². The average molecular weight is 335 g/mol. The summed E-state index contributed by atoms with van der Waals surface area (Å²) in [6.07, 6.45) is 10.8. The lowest BCUT2D eigenvalue weighted by Crippen LogP contribution is -2.53. The van der Waals surface area contributed by atoms with Crippen molar-refractivity contribution in [2.24, 2.45) is 34.5 Å². The summed E-state index contributed by atoms with van der Waals surface area (Å²) in [6.45, 7) is 6.30. The Balaban J connectivity index is 1.60. The lowest BCUT2D eigenvalue weighted by molar-refractivity contribution is -0.154. The molecule has 0 unspecified atom stereocenters. The molecule has 0 saturated heterocycles. The van der Waals surface area contributed by atoms with E-state index in [0.717, 1.165) is 30.6 Å². The third-order valence-electron chi connectivity index (χ3n) is 8.85. The van der Waals surface area contributed by atoms with Gasteiger partial charge in [0.15, 0.2) is 0 Å². The van der Waals surface area contributed by atoms with Crippen molar-refractivity contribution in [2.75, 3.05) is 0 Å². The van der Waals surface area contributed by atoms with E-state index >= 15 is 0 Å². The van der Waals surface area contributed by atoms with Crippen molar-refractivity contribution >= 4 is 5.97 Å². The SMILES string of the molecule is CC(=O)O[C@@H]1C[C@H]2[C@@H]3CC[C@H]4CCCC[C@]4(C)[C@H]3CC[C@]2(C)[C@@H]1O. The molecule has 4 aliphatic carbocycles. The van der Waals surface area contributed by atoms with Gasteiger partial charge in [0.1, 0.15) is 6.10 Å². The van der Waals surface area contributed by atoms with Crippen LogP contribution in [0.15, 0.2) is 0 Å². The molecule has 136 valence electrons. The second kappa shape index (κ2) is 5.72. The number of carbonyl (C=O) groups is 1. The summed E-state index contributed by atoms with van der Waals surface area (Å²) in [5.41, 5.74) is 0.464. The molecule has 4 fully saturated rings. The molecule has 4 saturated carbocycles. The molecule has 4 aliphatic rings. The molecule has 8 atom stereocenters. The van der Waals surface area contributed by atoms with Crippen molar-refractivity contribution in [3.8, 4) is 0 Å². The van der Waals surface area contributed by atoms with Gasteiger partial charge in [-0.05, 0) is 74.0 Å². The highest BCUT2D eigenvalue weighted by Crippen LogP contribution is 2.66. The van der Waals surface area contributed by atoms with E-state index in [0.29, 0.717) is 11.3 Å². The zero-order valence-electron chi connectivity index (χ0n) is 15.6. The number of hydrogen-bond donors (Lipinski definition) is 1. The lowest BCUT2D eigenvalue weighted by atomic mass is 9.45. The van der Waals surface area contributed by atoms with Gasteiger partial charge in [0.05, 0.1) is 6.10 Å². The number of carbonyl (C=O) groups excluding carboxylic acids is 1. The third kappa shape index (κ3) is 2.29. The molecule has 4 rings (SSSR count). The molecule has 3 nitrogen and oxygen atoms in total. The van der Waals surface area contributed by atoms with E-state index in [1.54, 1.807) is 0 Å². The van der Waals surface area contributed by atoms with Crippen LogP contribution in [0.3, 0.4) is 0 Å². The molecule has 3 heteroatoms. The minimum Gasteiger partial charge on any atom is -0.460 e. The second-order valence-electron chi connectivity index (χ2n) is 9.78. The smallest absolute Gasteiger partial charge is 0.302 e. The number of esters is 1. The Morgan fingerprint density at radius 3 is 2.54 bits per heavy atom. The number of fused-ring (bicyclic) bond motifs is 5. The number of aliphatic hydroxyl groups is 1. The second-order valence-corrected chi connectivity index (χ2v) is 9.78. The van der Waals surface area contributed by atoms with Crippen LogP contribution in [0, 0.1) is 34.5 Å². The largest absolute Gasteiger partial charge is 0.460 e. The summed E-state index contributed by atoms with van der Waals surface area (Å²) in [5.74, 6) is 2.74. The van der Waals surface area contributed by atoms with Crippen molar-refractivity contribution in [2.45, 2.75) is 90.8 Å². The van der Waals surface area contributed by atoms with Crippen LogP contribution in [0.2, 0.25) is 0 Å². The topological polar surface area (TPSA) is 46.5 Å². The average Bonchev–Trinajstić information content (AvgIpc) is 2.78. The van der Waals surface area contributed by atoms with Gasteiger partial charge in [-0.3, -0.25) is 4.79 Å². The minimum atomic E-state index is -0.482. The van der Waals surface area contributed by atoms with Crippen LogP contribution in [0.1, 0.15) is 78.6 Å². The van der Waals surface area contributed by atoms with Gasteiger partial charge in [-0.2, -0.15) is 0 Å². The molecule has 0 aromatic rings. The van der Waals surface area contributed by atoms with Crippen molar-refractivity contribution in [1.29, 1.82) is 0 Å². The fourth-order valence-corrected chi connectivity index (χ4v) is 7.58. The first-order chi connectivity index (χ1) is 11.4. The number of aliphatic hydroxyl groups excluding tert-OH is 1. The van der Waals surface area contributed by atoms with Gasteiger partial charge in [0.25, 0.3) is 0 Å². The molecule has 0 spiro atoms. The van der Waals surface area contributed by atoms with E-state index in [1.165, 1.54) is 51.9 Å². The maximum atomic E-state index is 11.4. The molecule has 0 heterocycles. The molecule has 0 radical (unpaired) electrons. The van der Waals surface area contributed by atoms with Crippen LogP contribution >= 0.6 is 0 Å². The maximum Gasteiger partial charge on any atom is 0.302 e. The van der Waals surface area contributed by atoms with Gasteiger partial charge in [0.2, 0.25) is 0 Å². The Labute approximate surface area is 146 Å². The predicted molar refractivity (Wildman–Crippen MR) is 93.3 cm³/mol. The van der Waals surface area contributed by atoms with Crippen LogP contribution in [-0.2, 0) is 9.53 Å². The molecule has 0 aliphatic heterocycles. The summed E-state index contributed by atoms with van der Waals surface area (Å²) >= 11 is 0. The van der Waals surface area contributed by atoms with Crippen molar-refractivity contribution in [3.05, 3.63) is 0 Å². The Morgan fingerprint density at radius 1 is 1.00 bits per heavy atom. The summed E-state index contributed by atoms with van der Waals surface area (Å²) in [4.78, 5) is 11.4. The van der Waals surface area contributed by atoms with Crippen LogP contribution in [0.25, 0.3) is 0 Å². The van der Waals surface area contributed by atoms with Gasteiger partial charge in [-0.15, -0.1) is 0 Å². The first-order valence-corrected chi connectivity index (χ1v) is 10.2. The zero-order valence-corrected chi connectivity index (χ0v) is 15.6. The molecule has 24 heavy (non-hydrogen) atoms. The Morgan fingerprint density at radius 2 is 1.79 bits per heavy atom. The minimum absolute atomic E-state index is 0.0564. The van der Waals surface area contributed by atoms with Crippen LogP contribution in [-0.4, -0.2) is 23.3 Å². The molecule has 1 N–H and O–H groups in total. The highest BCUT2D eigenvalue weighted by Gasteiger charge is 2.62. The van der Waals surface area contributed by atoms with Gasteiger partial charge < -0.3 is 9.84 Å². The van der Waals surface area contributed by atoms with E-state index in [4.69, 9.17) is 4.74 Å². The lowest BCUT2D eigenvalue weighted by Gasteiger charge is -2.60. The summed E-state index contributed by atoms with van der Waals surface area (Å²) < 4.78 is 5.50. The summed E-state index contributed by atoms with van der Waals surface area (Å²) in [6, 6.07) is 0. The van der Waals surface area contributed by atoms with E-state index < -0.39 is 6.10 Å². The molecule has 0 bridgehead atoms. The quantitative estimate of drug-likeness (QED) is 0.726. The predicted octanol–water partition coefficient (Wildman–Crippen LogP) is 4.32. The van der Waals surface area contributed by atoms with Crippen molar-refractivity contribution in [3.63, 3.8) is 0 Å². The molecule has 0 aromatic heterocycles. The van der Waals surface area contributed by atoms with Gasteiger partial charge in [0, 0.05) is 12.3 Å². The standard InChI is InChI=1S/C21H34O3/c1-13(22)24-18-12-17-15-8-7-14-6-4-5-10-20(14,2)16(15)9-11-21(17,3)19(18)23/h14-19,23H,4-12H2,1-3H3/t14-,15-,16+,17+,18-,19-,20+,21+/m1/s1. The number of hydrogen-bond acceptors (Lipinski definition) is 3. The maximum absolute atomic E-state index is 11.4. The highest BCUT2D eigenvalue weighted by molar-refractivity contribution is 5.66. The molecular weight excluding hydrogens is 300 g/mol. The first-order valence-electron chi connectivity index (χ1n) is 10.2. The zero-order chi connectivity index (χ0) is 17.1. The Kier molecular flexibility index (Phi) is 4.02. The normalized spacial score (nSPS) is 53.7. The fraction of sp³-hybridized carbons (Fsp3) is 0.952. The van der Waals surface area contributed by atoms with Crippen LogP contribution < -0.4 is 0 Å². The summed E-state index contributed by atoms with van der Waals surface area (Å²) in [5, 5.41) is 10.9. The van der Waals surface area contributed by atoms with Crippen LogP contribution in [0.4, 0.5) is 0 Å². The van der Waals surface area contributed by atoms with Crippen LogP contribution in [0.5, 0.6) is 0 Å². The number of rotatable bonds is 1. The summed E-state index contributed by atoms with van der Waals surface area (Å²) in [7, 11) is 0. The first kappa shape index (κ1) is 16.9. The van der Waals surface area contributed by atoms with E-state index in [-0.39, 0.29) is 17.5 Å². The van der Waals surface area contributed by atoms with E-state index in [2.05, 4.69) is 13.8 Å². The van der Waals surface area contributed by atoms with Crippen molar-refractivity contribution < 1.29 is 14.6 Å².